The number of carbonyl (C=O) groups excluding carboxylic acids is 1. The van der Waals surface area contributed by atoms with Gasteiger partial charge in [0.15, 0.2) is 0 Å². The number of nitrogens with two attached hydrogens (primary N) is 1. The summed E-state index contributed by atoms with van der Waals surface area (Å²) in [5.74, 6) is 0.917. The maximum Gasteiger partial charge on any atom is 0.241 e. The molecule has 2 rings (SSSR count). The van der Waals surface area contributed by atoms with Crippen LogP contribution in [0.4, 0.5) is 5.69 Å². The van der Waals surface area contributed by atoms with E-state index in [9.17, 15) is 4.79 Å². The van der Waals surface area contributed by atoms with E-state index in [4.69, 9.17) is 10.5 Å². The van der Waals surface area contributed by atoms with Crippen molar-refractivity contribution in [2.24, 2.45) is 5.73 Å². The summed E-state index contributed by atoms with van der Waals surface area (Å²) in [6.45, 7) is 2.42. The van der Waals surface area contributed by atoms with Crippen molar-refractivity contribution in [1.29, 1.82) is 0 Å². The van der Waals surface area contributed by atoms with E-state index in [1.807, 2.05) is 25.2 Å². The Balaban J connectivity index is 2.28. The van der Waals surface area contributed by atoms with Crippen molar-refractivity contribution in [1.82, 2.24) is 4.90 Å². The highest BCUT2D eigenvalue weighted by Gasteiger charge is 2.22. The minimum atomic E-state index is 0.132. The van der Waals surface area contributed by atoms with E-state index in [-0.39, 0.29) is 5.91 Å². The van der Waals surface area contributed by atoms with Crippen LogP contribution < -0.4 is 15.4 Å². The summed E-state index contributed by atoms with van der Waals surface area (Å²) < 4.78 is 5.23. The molecule has 0 spiro atoms. The Kier molecular flexibility index (Phi) is 3.72. The molecule has 98 valence electrons. The molecular weight excluding hydrogens is 230 g/mol. The van der Waals surface area contributed by atoms with Crippen molar-refractivity contribution < 1.29 is 9.53 Å². The number of ether oxygens (including phenoxy) is 1. The molecule has 1 fully saturated rings. The van der Waals surface area contributed by atoms with E-state index in [2.05, 4.69) is 4.90 Å². The van der Waals surface area contributed by atoms with E-state index >= 15 is 0 Å². The van der Waals surface area contributed by atoms with Crippen LogP contribution in [0.25, 0.3) is 0 Å². The lowest BCUT2D eigenvalue weighted by Gasteiger charge is -2.34. The molecular formula is C13H19N3O2. The van der Waals surface area contributed by atoms with Gasteiger partial charge in [-0.1, -0.05) is 6.07 Å². The molecule has 0 aliphatic carbocycles. The first-order valence-corrected chi connectivity index (χ1v) is 6.01. The number of amides is 1. The fraction of sp³-hybridized carbons (Fsp3) is 0.462. The number of piperazine rings is 1. The lowest BCUT2D eigenvalue weighted by molar-refractivity contribution is -0.129. The zero-order valence-electron chi connectivity index (χ0n) is 10.8. The van der Waals surface area contributed by atoms with Crippen LogP contribution in [-0.2, 0) is 11.3 Å². The van der Waals surface area contributed by atoms with E-state index in [1.54, 1.807) is 12.0 Å². The van der Waals surface area contributed by atoms with Crippen molar-refractivity contribution in [3.8, 4) is 5.75 Å². The second-order valence-electron chi connectivity index (χ2n) is 4.44. The van der Waals surface area contributed by atoms with Gasteiger partial charge in [-0.3, -0.25) is 4.79 Å². The Hall–Kier alpha value is -1.75. The molecule has 5 nitrogen and oxygen atoms in total. The monoisotopic (exact) mass is 249 g/mol. The number of hydrogen-bond donors (Lipinski definition) is 1. The van der Waals surface area contributed by atoms with Gasteiger partial charge in [-0.05, 0) is 11.6 Å². The van der Waals surface area contributed by atoms with Crippen LogP contribution in [0.15, 0.2) is 18.2 Å². The van der Waals surface area contributed by atoms with Gasteiger partial charge in [-0.25, -0.2) is 0 Å². The first-order chi connectivity index (χ1) is 8.65. The molecule has 0 bridgehead atoms. The Morgan fingerprint density at radius 3 is 2.78 bits per heavy atom. The summed E-state index contributed by atoms with van der Waals surface area (Å²) in [6, 6.07) is 5.79. The number of likely N-dealkylation sites (N-methyl/N-ethyl adjacent to an activating group) is 1. The molecule has 0 aromatic heterocycles. The number of anilines is 1. The highest BCUT2D eigenvalue weighted by Crippen LogP contribution is 2.26. The lowest BCUT2D eigenvalue weighted by atomic mass is 10.1. The quantitative estimate of drug-likeness (QED) is 0.844. The fourth-order valence-electron chi connectivity index (χ4n) is 2.10. The molecule has 1 saturated heterocycles. The molecule has 0 atom stereocenters. The van der Waals surface area contributed by atoms with Crippen LogP contribution >= 0.6 is 0 Å². The summed E-state index contributed by atoms with van der Waals surface area (Å²) in [5.41, 5.74) is 7.78. The molecule has 1 aromatic carbocycles. The first-order valence-electron chi connectivity index (χ1n) is 6.01. The van der Waals surface area contributed by atoms with Gasteiger partial charge < -0.3 is 20.3 Å². The van der Waals surface area contributed by atoms with Gasteiger partial charge >= 0.3 is 0 Å². The molecule has 1 aliphatic heterocycles. The van der Waals surface area contributed by atoms with Crippen molar-refractivity contribution in [3.63, 3.8) is 0 Å². The third kappa shape index (κ3) is 2.41. The zero-order chi connectivity index (χ0) is 13.1. The Morgan fingerprint density at radius 2 is 2.17 bits per heavy atom. The number of carbonyl (C=O) groups is 1. The molecule has 0 unspecified atom stereocenters. The van der Waals surface area contributed by atoms with Gasteiger partial charge in [0.2, 0.25) is 5.91 Å². The van der Waals surface area contributed by atoms with E-state index in [0.717, 1.165) is 30.1 Å². The third-order valence-corrected chi connectivity index (χ3v) is 3.31. The summed E-state index contributed by atoms with van der Waals surface area (Å²) >= 11 is 0. The van der Waals surface area contributed by atoms with Gasteiger partial charge in [0.25, 0.3) is 0 Å². The molecule has 0 radical (unpaired) electrons. The van der Waals surface area contributed by atoms with E-state index in [1.165, 1.54) is 0 Å². The molecule has 18 heavy (non-hydrogen) atoms. The van der Waals surface area contributed by atoms with Gasteiger partial charge in [0.1, 0.15) is 5.75 Å². The van der Waals surface area contributed by atoms with Crippen LogP contribution in [0.1, 0.15) is 5.56 Å². The van der Waals surface area contributed by atoms with Crippen LogP contribution in [0, 0.1) is 0 Å². The first kappa shape index (κ1) is 12.7. The average Bonchev–Trinajstić information content (AvgIpc) is 2.41. The van der Waals surface area contributed by atoms with Crippen molar-refractivity contribution in [2.45, 2.75) is 6.54 Å². The number of nitrogens with zero attached hydrogens (tertiary/aromatic N) is 2. The van der Waals surface area contributed by atoms with E-state index < -0.39 is 0 Å². The standard InChI is InChI=1S/C13H19N3O2/c1-15-5-6-16(9-13(15)17)12-7-11(18-2)4-3-10(12)8-14/h3-4,7H,5-6,8-9,14H2,1-2H3. The van der Waals surface area contributed by atoms with Gasteiger partial charge in [-0.15, -0.1) is 0 Å². The smallest absolute Gasteiger partial charge is 0.241 e. The van der Waals surface area contributed by atoms with Crippen LogP contribution in [0.5, 0.6) is 5.75 Å². The van der Waals surface area contributed by atoms with Gasteiger partial charge in [0.05, 0.1) is 13.7 Å². The maximum atomic E-state index is 11.8. The Bertz CT molecular complexity index is 448. The SMILES string of the molecule is COc1ccc(CN)c(N2CCN(C)C(=O)C2)c1. The number of rotatable bonds is 3. The van der Waals surface area contributed by atoms with E-state index in [0.29, 0.717) is 13.1 Å². The molecule has 2 N–H and O–H groups in total. The highest BCUT2D eigenvalue weighted by atomic mass is 16.5. The third-order valence-electron chi connectivity index (χ3n) is 3.31. The second kappa shape index (κ2) is 5.27. The van der Waals surface area contributed by atoms with Gasteiger partial charge in [-0.2, -0.15) is 0 Å². The number of methoxy groups -OCH3 is 1. The largest absolute Gasteiger partial charge is 0.497 e. The normalized spacial score (nSPS) is 16.1. The maximum absolute atomic E-state index is 11.8. The fourth-order valence-corrected chi connectivity index (χ4v) is 2.10. The van der Waals surface area contributed by atoms with Crippen molar-refractivity contribution >= 4 is 11.6 Å². The minimum Gasteiger partial charge on any atom is -0.497 e. The van der Waals surface area contributed by atoms with Crippen LogP contribution in [0.3, 0.4) is 0 Å². The Morgan fingerprint density at radius 1 is 1.39 bits per heavy atom. The molecule has 5 heteroatoms. The number of benzene rings is 1. The second-order valence-corrected chi connectivity index (χ2v) is 4.44. The molecule has 1 aliphatic rings. The molecule has 1 amide bonds. The highest BCUT2D eigenvalue weighted by molar-refractivity contribution is 5.83. The van der Waals surface area contributed by atoms with Crippen LogP contribution in [0.2, 0.25) is 0 Å². The lowest BCUT2D eigenvalue weighted by Crippen LogP contribution is -2.48. The molecule has 0 saturated carbocycles. The predicted molar refractivity (Wildman–Crippen MR) is 70.7 cm³/mol. The molecule has 1 aromatic rings. The van der Waals surface area contributed by atoms with Crippen LogP contribution in [-0.4, -0.2) is 44.6 Å². The minimum absolute atomic E-state index is 0.132. The Labute approximate surface area is 107 Å². The van der Waals surface area contributed by atoms with Crippen molar-refractivity contribution in [3.05, 3.63) is 23.8 Å². The zero-order valence-corrected chi connectivity index (χ0v) is 10.8. The molecule has 1 heterocycles. The number of hydrogen-bond acceptors (Lipinski definition) is 4. The summed E-state index contributed by atoms with van der Waals surface area (Å²) in [5, 5.41) is 0. The average molecular weight is 249 g/mol. The van der Waals surface area contributed by atoms with Crippen molar-refractivity contribution in [2.75, 3.05) is 38.7 Å². The predicted octanol–water partition coefficient (Wildman–Crippen LogP) is 0.432. The topological polar surface area (TPSA) is 58.8 Å². The summed E-state index contributed by atoms with van der Waals surface area (Å²) in [7, 11) is 3.46. The van der Waals surface area contributed by atoms with Gasteiger partial charge in [0, 0.05) is 38.4 Å². The summed E-state index contributed by atoms with van der Waals surface area (Å²) in [4.78, 5) is 15.6. The summed E-state index contributed by atoms with van der Waals surface area (Å²) in [6.07, 6.45) is 0.